The van der Waals surface area contributed by atoms with Crippen LogP contribution < -0.4 is 0 Å². The lowest BCUT2D eigenvalue weighted by molar-refractivity contribution is 0.0698. The van der Waals surface area contributed by atoms with Gasteiger partial charge in [-0.2, -0.15) is 0 Å². The van der Waals surface area contributed by atoms with E-state index in [0.29, 0.717) is 12.3 Å². The highest BCUT2D eigenvalue weighted by molar-refractivity contribution is 5.12. The van der Waals surface area contributed by atoms with Crippen LogP contribution in [-0.4, -0.2) is 4.98 Å². The molecule has 65 valence electrons. The second kappa shape index (κ2) is 4.21. The van der Waals surface area contributed by atoms with Crippen LogP contribution in [0.25, 0.3) is 0 Å². The fourth-order valence-corrected chi connectivity index (χ4v) is 1.14. The van der Waals surface area contributed by atoms with Gasteiger partial charge in [0.1, 0.15) is 6.10 Å². The summed E-state index contributed by atoms with van der Waals surface area (Å²) in [5.41, 5.74) is 0.846. The van der Waals surface area contributed by atoms with Crippen molar-refractivity contribution in [2.24, 2.45) is 5.92 Å². The van der Waals surface area contributed by atoms with E-state index in [-0.39, 0.29) is 0 Å². The Bertz CT molecular complexity index is 221. The number of hydrogen-bond acceptors (Lipinski definition) is 1. The van der Waals surface area contributed by atoms with Crippen molar-refractivity contribution >= 4 is 0 Å². The monoisotopic (exact) mass is 164 g/mol. The highest BCUT2D eigenvalue weighted by atomic mass is 16.3. The molecule has 0 amide bonds. The molecule has 0 aromatic carbocycles. The van der Waals surface area contributed by atoms with Gasteiger partial charge in [-0.05, 0) is 30.0 Å². The van der Waals surface area contributed by atoms with Crippen molar-refractivity contribution < 1.29 is 5.11 Å². The van der Waals surface area contributed by atoms with Crippen LogP contribution in [0.5, 0.6) is 0 Å². The minimum atomic E-state index is -0.590. The molecule has 12 heavy (non-hydrogen) atoms. The van der Waals surface area contributed by atoms with Gasteiger partial charge in [0, 0.05) is 12.4 Å². The molecule has 1 atom stereocenters. The van der Waals surface area contributed by atoms with Crippen LogP contribution in [0.4, 0.5) is 0 Å². The largest absolute Gasteiger partial charge is 0.265 e. The van der Waals surface area contributed by atoms with Crippen molar-refractivity contribution in [2.45, 2.75) is 26.4 Å². The standard InChI is InChI=1S/C10H14NO/c1-8(2)7-10(12)9-3-5-11-6-4-9/h3-6,8,10H,7H2,1-2H3. The average Bonchev–Trinajstić information content (AvgIpc) is 2.05. The Morgan fingerprint density at radius 3 is 2.42 bits per heavy atom. The molecule has 0 aliphatic heterocycles. The molecule has 0 saturated heterocycles. The molecule has 1 aromatic rings. The predicted molar refractivity (Wildman–Crippen MR) is 47.1 cm³/mol. The molecule has 1 aromatic heterocycles. The van der Waals surface area contributed by atoms with Gasteiger partial charge in [-0.1, -0.05) is 13.8 Å². The van der Waals surface area contributed by atoms with Crippen LogP contribution >= 0.6 is 0 Å². The summed E-state index contributed by atoms with van der Waals surface area (Å²) in [4.78, 5) is 3.87. The lowest BCUT2D eigenvalue weighted by Crippen LogP contribution is -2.00. The quantitative estimate of drug-likeness (QED) is 0.675. The van der Waals surface area contributed by atoms with Crippen molar-refractivity contribution in [3.63, 3.8) is 0 Å². The van der Waals surface area contributed by atoms with E-state index >= 15 is 0 Å². The van der Waals surface area contributed by atoms with Gasteiger partial charge in [0.2, 0.25) is 0 Å². The van der Waals surface area contributed by atoms with Gasteiger partial charge in [0.25, 0.3) is 0 Å². The normalized spacial score (nSPS) is 13.3. The maximum Gasteiger partial charge on any atom is 0.118 e. The third-order valence-corrected chi connectivity index (χ3v) is 1.76. The molecular weight excluding hydrogens is 150 g/mol. The number of nitrogens with zero attached hydrogens (tertiary/aromatic N) is 1. The smallest absolute Gasteiger partial charge is 0.118 e. The van der Waals surface area contributed by atoms with Gasteiger partial charge in [-0.25, -0.2) is 5.11 Å². The van der Waals surface area contributed by atoms with Crippen LogP contribution in [-0.2, 0) is 5.11 Å². The summed E-state index contributed by atoms with van der Waals surface area (Å²) in [7, 11) is 0. The van der Waals surface area contributed by atoms with E-state index in [2.05, 4.69) is 18.8 Å². The molecule has 1 rings (SSSR count). The molecule has 2 heteroatoms. The Labute approximate surface area is 73.3 Å². The van der Waals surface area contributed by atoms with Crippen molar-refractivity contribution in [3.05, 3.63) is 30.1 Å². The molecule has 1 heterocycles. The van der Waals surface area contributed by atoms with Crippen LogP contribution in [0.1, 0.15) is 31.9 Å². The zero-order valence-corrected chi connectivity index (χ0v) is 7.53. The third kappa shape index (κ3) is 2.62. The van der Waals surface area contributed by atoms with Crippen LogP contribution in [0.2, 0.25) is 0 Å². The van der Waals surface area contributed by atoms with Gasteiger partial charge in [-0.15, -0.1) is 0 Å². The number of rotatable bonds is 3. The number of pyridine rings is 1. The molecule has 1 unspecified atom stereocenters. The lowest BCUT2D eigenvalue weighted by Gasteiger charge is -2.10. The van der Waals surface area contributed by atoms with Crippen molar-refractivity contribution in [1.82, 2.24) is 4.98 Å². The minimum Gasteiger partial charge on any atom is -0.265 e. The summed E-state index contributed by atoms with van der Waals surface area (Å²) in [6, 6.07) is 3.58. The Hall–Kier alpha value is -0.890. The highest BCUT2D eigenvalue weighted by Crippen LogP contribution is 2.20. The molecule has 0 fully saturated rings. The van der Waals surface area contributed by atoms with Gasteiger partial charge in [0.05, 0.1) is 0 Å². The summed E-state index contributed by atoms with van der Waals surface area (Å²) < 4.78 is 0. The average molecular weight is 164 g/mol. The van der Waals surface area contributed by atoms with E-state index in [9.17, 15) is 5.11 Å². The fourth-order valence-electron chi connectivity index (χ4n) is 1.14. The molecule has 0 spiro atoms. The maximum atomic E-state index is 11.5. The first-order chi connectivity index (χ1) is 5.70. The summed E-state index contributed by atoms with van der Waals surface area (Å²) in [6.45, 7) is 4.12. The zero-order valence-electron chi connectivity index (χ0n) is 7.53. The first-order valence-electron chi connectivity index (χ1n) is 4.26. The van der Waals surface area contributed by atoms with Gasteiger partial charge >= 0.3 is 0 Å². The second-order valence-electron chi connectivity index (χ2n) is 3.40. The summed E-state index contributed by atoms with van der Waals surface area (Å²) in [5.74, 6) is 0.459. The molecular formula is C10H14NO. The van der Waals surface area contributed by atoms with Gasteiger partial charge in [0.15, 0.2) is 0 Å². The first-order valence-corrected chi connectivity index (χ1v) is 4.26. The first kappa shape index (κ1) is 9.20. The Kier molecular flexibility index (Phi) is 3.23. The highest BCUT2D eigenvalue weighted by Gasteiger charge is 2.10. The van der Waals surface area contributed by atoms with Crippen LogP contribution in [0, 0.1) is 5.92 Å². The Balaban J connectivity index is 2.59. The molecule has 0 bridgehead atoms. The van der Waals surface area contributed by atoms with Crippen LogP contribution in [0.3, 0.4) is 0 Å². The summed E-state index contributed by atoms with van der Waals surface area (Å²) >= 11 is 0. The Morgan fingerprint density at radius 1 is 1.33 bits per heavy atom. The molecule has 0 aliphatic carbocycles. The topological polar surface area (TPSA) is 32.8 Å². The number of aromatic nitrogens is 1. The summed E-state index contributed by atoms with van der Waals surface area (Å²) in [6.07, 6.45) is 3.44. The molecule has 0 saturated carbocycles. The molecule has 2 nitrogen and oxygen atoms in total. The van der Waals surface area contributed by atoms with Crippen LogP contribution in [0.15, 0.2) is 24.5 Å². The van der Waals surface area contributed by atoms with E-state index in [1.807, 2.05) is 0 Å². The second-order valence-corrected chi connectivity index (χ2v) is 3.40. The molecule has 0 aliphatic rings. The summed E-state index contributed by atoms with van der Waals surface area (Å²) in [5, 5.41) is 11.5. The van der Waals surface area contributed by atoms with E-state index in [4.69, 9.17) is 0 Å². The lowest BCUT2D eigenvalue weighted by atomic mass is 10.0. The molecule has 0 N–H and O–H groups in total. The van der Waals surface area contributed by atoms with Gasteiger partial charge in [-0.3, -0.25) is 4.98 Å². The maximum absolute atomic E-state index is 11.5. The van der Waals surface area contributed by atoms with Crippen molar-refractivity contribution in [1.29, 1.82) is 0 Å². The number of hydrogen-bond donors (Lipinski definition) is 0. The third-order valence-electron chi connectivity index (χ3n) is 1.76. The predicted octanol–water partition coefficient (Wildman–Crippen LogP) is 2.60. The molecule has 1 radical (unpaired) electrons. The van der Waals surface area contributed by atoms with E-state index < -0.39 is 6.10 Å². The SMILES string of the molecule is CC(C)CC([O])c1ccncc1. The fraction of sp³-hybridized carbons (Fsp3) is 0.500. The van der Waals surface area contributed by atoms with Gasteiger partial charge < -0.3 is 0 Å². The van der Waals surface area contributed by atoms with E-state index in [0.717, 1.165) is 5.56 Å². The van der Waals surface area contributed by atoms with Crippen molar-refractivity contribution in [3.8, 4) is 0 Å². The van der Waals surface area contributed by atoms with Crippen molar-refractivity contribution in [2.75, 3.05) is 0 Å². The van der Waals surface area contributed by atoms with E-state index in [1.54, 1.807) is 24.5 Å². The minimum absolute atomic E-state index is 0.459. The Morgan fingerprint density at radius 2 is 1.92 bits per heavy atom. The zero-order chi connectivity index (χ0) is 8.97. The van der Waals surface area contributed by atoms with E-state index in [1.165, 1.54) is 0 Å².